The SMILES string of the molecule is Cc1cc(C(=O)n2nc(C3CCCN(S(=O)(=O)N4CCCC4)C3C(=O)O)c(C)c2N(C)Cc2ccc(C(=N)N)cc2)co1. The van der Waals surface area contributed by atoms with E-state index in [-0.39, 0.29) is 17.9 Å². The van der Waals surface area contributed by atoms with Crippen LogP contribution in [0.25, 0.3) is 0 Å². The molecule has 0 aliphatic carbocycles. The van der Waals surface area contributed by atoms with Gasteiger partial charge in [-0.25, -0.2) is 0 Å². The van der Waals surface area contributed by atoms with Gasteiger partial charge in [0.2, 0.25) is 0 Å². The van der Waals surface area contributed by atoms with E-state index in [4.69, 9.17) is 20.7 Å². The Kier molecular flexibility index (Phi) is 8.45. The number of piperidine rings is 1. The van der Waals surface area contributed by atoms with Gasteiger partial charge in [0.1, 0.15) is 29.7 Å². The van der Waals surface area contributed by atoms with E-state index in [9.17, 15) is 23.1 Å². The molecule has 230 valence electrons. The highest BCUT2D eigenvalue weighted by Gasteiger charge is 2.47. The first-order valence-corrected chi connectivity index (χ1v) is 15.6. The predicted molar refractivity (Wildman–Crippen MR) is 160 cm³/mol. The van der Waals surface area contributed by atoms with Crippen molar-refractivity contribution in [1.82, 2.24) is 18.4 Å². The zero-order valence-electron chi connectivity index (χ0n) is 24.5. The number of aliphatic carboxylic acids is 1. The maximum Gasteiger partial charge on any atom is 0.322 e. The van der Waals surface area contributed by atoms with Gasteiger partial charge in [0.25, 0.3) is 16.1 Å². The van der Waals surface area contributed by atoms with E-state index in [1.54, 1.807) is 39.1 Å². The number of nitrogens with zero attached hydrogens (tertiary/aromatic N) is 5. The number of rotatable bonds is 9. The van der Waals surface area contributed by atoms with Crippen molar-refractivity contribution in [2.24, 2.45) is 5.73 Å². The van der Waals surface area contributed by atoms with E-state index in [2.05, 4.69) is 0 Å². The Morgan fingerprint density at radius 1 is 1.12 bits per heavy atom. The molecule has 43 heavy (non-hydrogen) atoms. The number of hydrogen-bond donors (Lipinski definition) is 3. The van der Waals surface area contributed by atoms with Gasteiger partial charge in [0.15, 0.2) is 0 Å². The van der Waals surface area contributed by atoms with Gasteiger partial charge >= 0.3 is 5.97 Å². The number of nitrogen functional groups attached to an aromatic ring is 1. The fourth-order valence-electron chi connectivity index (χ4n) is 6.13. The molecule has 0 saturated carbocycles. The highest BCUT2D eigenvalue weighted by atomic mass is 32.2. The number of nitrogens with one attached hydrogen (secondary N) is 1. The smallest absolute Gasteiger partial charge is 0.322 e. The molecule has 0 spiro atoms. The number of carbonyl (C=O) groups is 2. The Hall–Kier alpha value is -4.01. The molecule has 0 bridgehead atoms. The minimum absolute atomic E-state index is 0.0410. The molecule has 2 unspecified atom stereocenters. The third-order valence-electron chi connectivity index (χ3n) is 8.22. The maximum absolute atomic E-state index is 13.8. The zero-order chi connectivity index (χ0) is 31.1. The average Bonchev–Trinajstić information content (AvgIpc) is 3.73. The van der Waals surface area contributed by atoms with Crippen molar-refractivity contribution in [3.05, 3.63) is 70.3 Å². The topological polar surface area (TPSA) is 179 Å². The van der Waals surface area contributed by atoms with E-state index in [1.165, 1.54) is 15.3 Å². The van der Waals surface area contributed by atoms with Crippen molar-refractivity contribution in [3.63, 3.8) is 0 Å². The summed E-state index contributed by atoms with van der Waals surface area (Å²) in [6.45, 7) is 4.70. The van der Waals surface area contributed by atoms with Gasteiger partial charge < -0.3 is 20.2 Å². The van der Waals surface area contributed by atoms with Crippen molar-refractivity contribution in [3.8, 4) is 0 Å². The molecule has 2 saturated heterocycles. The molecule has 2 aliphatic rings. The summed E-state index contributed by atoms with van der Waals surface area (Å²) in [6.07, 6.45) is 3.68. The maximum atomic E-state index is 13.8. The monoisotopic (exact) mass is 611 g/mol. The molecular formula is C29H37N7O6S. The van der Waals surface area contributed by atoms with Gasteiger partial charge in [-0.1, -0.05) is 24.3 Å². The number of hydrogen-bond acceptors (Lipinski definition) is 8. The third kappa shape index (κ3) is 5.82. The number of carboxylic acid groups (broad SMARTS) is 1. The number of carboxylic acids is 1. The van der Waals surface area contributed by atoms with Gasteiger partial charge in [0, 0.05) is 50.3 Å². The molecule has 3 aromatic rings. The van der Waals surface area contributed by atoms with Crippen LogP contribution in [-0.4, -0.2) is 82.4 Å². The lowest BCUT2D eigenvalue weighted by Crippen LogP contribution is -2.55. The van der Waals surface area contributed by atoms with Crippen LogP contribution in [-0.2, 0) is 21.5 Å². The van der Waals surface area contributed by atoms with Gasteiger partial charge in [-0.05, 0) is 51.2 Å². The van der Waals surface area contributed by atoms with E-state index in [0.717, 1.165) is 22.7 Å². The number of nitrogens with two attached hydrogens (primary N) is 1. The lowest BCUT2D eigenvalue weighted by molar-refractivity contribution is -0.143. The van der Waals surface area contributed by atoms with Gasteiger partial charge in [0.05, 0.1) is 11.3 Å². The second-order valence-corrected chi connectivity index (χ2v) is 13.1. The van der Waals surface area contributed by atoms with Gasteiger partial charge in [-0.2, -0.15) is 26.8 Å². The first-order chi connectivity index (χ1) is 20.4. The van der Waals surface area contributed by atoms with Crippen molar-refractivity contribution in [2.45, 2.75) is 58.0 Å². The van der Waals surface area contributed by atoms with Crippen LogP contribution in [0, 0.1) is 19.3 Å². The summed E-state index contributed by atoms with van der Waals surface area (Å²) in [5.41, 5.74) is 8.31. The molecule has 2 atom stereocenters. The summed E-state index contributed by atoms with van der Waals surface area (Å²) in [6, 6.07) is 7.41. The molecular weight excluding hydrogens is 574 g/mol. The van der Waals surface area contributed by atoms with E-state index in [1.807, 2.05) is 17.0 Å². The van der Waals surface area contributed by atoms with E-state index >= 15 is 0 Å². The molecule has 0 radical (unpaired) electrons. The van der Waals surface area contributed by atoms with Crippen LogP contribution in [0.1, 0.15) is 70.1 Å². The Balaban J connectivity index is 1.56. The highest BCUT2D eigenvalue weighted by molar-refractivity contribution is 7.86. The molecule has 2 fully saturated rings. The molecule has 14 heteroatoms. The van der Waals surface area contributed by atoms with Crippen molar-refractivity contribution in [2.75, 3.05) is 31.6 Å². The Morgan fingerprint density at radius 2 is 1.79 bits per heavy atom. The van der Waals surface area contributed by atoms with Gasteiger partial charge in [-0.3, -0.25) is 15.0 Å². The van der Waals surface area contributed by atoms with Crippen LogP contribution in [0.15, 0.2) is 41.0 Å². The quantitative estimate of drug-likeness (QED) is 0.242. The third-order valence-corrected chi connectivity index (χ3v) is 10.2. The van der Waals surface area contributed by atoms with Crippen molar-refractivity contribution >= 4 is 33.7 Å². The molecule has 4 heterocycles. The molecule has 1 aromatic carbocycles. The summed E-state index contributed by atoms with van der Waals surface area (Å²) in [7, 11) is -2.20. The summed E-state index contributed by atoms with van der Waals surface area (Å²) >= 11 is 0. The second kappa shape index (κ2) is 11.9. The summed E-state index contributed by atoms with van der Waals surface area (Å²) < 4.78 is 36.3. The van der Waals surface area contributed by atoms with Crippen LogP contribution >= 0.6 is 0 Å². The Labute approximate surface area is 250 Å². The molecule has 2 aromatic heterocycles. The van der Waals surface area contributed by atoms with Crippen molar-refractivity contribution in [1.29, 1.82) is 5.41 Å². The molecule has 4 N–H and O–H groups in total. The number of furan rings is 1. The van der Waals surface area contributed by atoms with Crippen LogP contribution in [0.4, 0.5) is 5.82 Å². The first-order valence-electron chi connectivity index (χ1n) is 14.2. The fraction of sp³-hybridized carbons (Fsp3) is 0.448. The van der Waals surface area contributed by atoms with Crippen LogP contribution < -0.4 is 10.6 Å². The summed E-state index contributed by atoms with van der Waals surface area (Å²) in [5.74, 6) is -1.51. The van der Waals surface area contributed by atoms with Crippen molar-refractivity contribution < 1.29 is 27.5 Å². The summed E-state index contributed by atoms with van der Waals surface area (Å²) in [5, 5.41) is 22.7. The number of anilines is 1. The lowest BCUT2D eigenvalue weighted by Gasteiger charge is -2.39. The number of amidine groups is 1. The molecule has 0 amide bonds. The number of aromatic nitrogens is 2. The Morgan fingerprint density at radius 3 is 2.37 bits per heavy atom. The first kappa shape index (κ1) is 30.4. The molecule has 2 aliphatic heterocycles. The van der Waals surface area contributed by atoms with E-state index < -0.39 is 34.0 Å². The number of benzene rings is 1. The Bertz CT molecular complexity index is 1640. The second-order valence-electron chi connectivity index (χ2n) is 11.2. The van der Waals surface area contributed by atoms with Crippen LogP contribution in [0.5, 0.6) is 0 Å². The molecule has 5 rings (SSSR count). The number of aryl methyl sites for hydroxylation is 1. The molecule has 13 nitrogen and oxygen atoms in total. The van der Waals surface area contributed by atoms with E-state index in [0.29, 0.717) is 60.9 Å². The largest absolute Gasteiger partial charge is 0.480 e. The number of carbonyl (C=O) groups excluding carboxylic acids is 1. The minimum Gasteiger partial charge on any atom is -0.480 e. The van der Waals surface area contributed by atoms with Gasteiger partial charge in [-0.15, -0.1) is 0 Å². The highest BCUT2D eigenvalue weighted by Crippen LogP contribution is 2.39. The van der Waals surface area contributed by atoms with Crippen LogP contribution in [0.2, 0.25) is 0 Å². The fourth-order valence-corrected chi connectivity index (χ4v) is 8.03. The van der Waals surface area contributed by atoms with Crippen LogP contribution in [0.3, 0.4) is 0 Å². The zero-order valence-corrected chi connectivity index (χ0v) is 25.3. The average molecular weight is 612 g/mol. The predicted octanol–water partition coefficient (Wildman–Crippen LogP) is 2.68. The normalized spacial score (nSPS) is 19.9. The lowest BCUT2D eigenvalue weighted by atomic mass is 9.86. The standard InChI is InChI=1S/C29H37N7O6S/c1-18-15-22(17-42-18)28(37)36-27(33(3)16-20-8-10-21(11-9-20)26(30)31)19(2)24(32-36)23-7-6-14-35(25(23)29(38)39)43(40,41)34-12-4-5-13-34/h8-11,15,17,23,25H,4-7,12-14,16H2,1-3H3,(H3,30,31)(H,38,39). The summed E-state index contributed by atoms with van der Waals surface area (Å²) in [4.78, 5) is 28.4. The minimum atomic E-state index is -4.00.